The molecule has 24 heavy (non-hydrogen) atoms. The third-order valence-electron chi connectivity index (χ3n) is 5.99. The minimum atomic E-state index is -0.939. The van der Waals surface area contributed by atoms with E-state index in [1.54, 1.807) is 7.11 Å². The maximum atomic E-state index is 10.5. The molecule has 4 aliphatic rings. The van der Waals surface area contributed by atoms with E-state index in [-0.39, 0.29) is 30.5 Å². The summed E-state index contributed by atoms with van der Waals surface area (Å²) >= 11 is 0. The lowest BCUT2D eigenvalue weighted by Gasteiger charge is -2.46. The van der Waals surface area contributed by atoms with Crippen LogP contribution >= 0.6 is 0 Å². The Morgan fingerprint density at radius 2 is 2.08 bits per heavy atom. The van der Waals surface area contributed by atoms with Gasteiger partial charge in [-0.1, -0.05) is 12.2 Å². The van der Waals surface area contributed by atoms with Gasteiger partial charge in [0.25, 0.3) is 0 Å². The number of aliphatic hydroxyl groups is 1. The largest absolute Gasteiger partial charge is 0.454 e. The summed E-state index contributed by atoms with van der Waals surface area (Å²) in [6.45, 7) is 0.993. The average Bonchev–Trinajstić information content (AvgIpc) is 3.16. The van der Waals surface area contributed by atoms with E-state index in [2.05, 4.69) is 24.1 Å². The number of nitrogens with zero attached hydrogens (tertiary/aromatic N) is 1. The van der Waals surface area contributed by atoms with Crippen molar-refractivity contribution >= 4 is 0 Å². The summed E-state index contributed by atoms with van der Waals surface area (Å²) in [5.41, 5.74) is 1.56. The van der Waals surface area contributed by atoms with Gasteiger partial charge in [-0.2, -0.15) is 0 Å². The molecule has 6 heteroatoms. The van der Waals surface area contributed by atoms with Crippen LogP contribution in [0.5, 0.6) is 11.5 Å². The van der Waals surface area contributed by atoms with Gasteiger partial charge < -0.3 is 24.1 Å². The Balaban J connectivity index is 1.73. The third kappa shape index (κ3) is 1.74. The quantitative estimate of drug-likeness (QED) is 0.784. The summed E-state index contributed by atoms with van der Waals surface area (Å²) in [5, 5.41) is 10.5. The number of rotatable bonds is 1. The summed E-state index contributed by atoms with van der Waals surface area (Å²) in [6.07, 6.45) is 4.31. The average molecular weight is 331 g/mol. The summed E-state index contributed by atoms with van der Waals surface area (Å²) in [6, 6.07) is 4.14. The van der Waals surface area contributed by atoms with Crippen LogP contribution in [0.1, 0.15) is 23.8 Å². The fraction of sp³-hybridized carbons (Fsp3) is 0.556. The van der Waals surface area contributed by atoms with E-state index in [0.717, 1.165) is 29.8 Å². The van der Waals surface area contributed by atoms with Gasteiger partial charge in [0, 0.05) is 25.3 Å². The van der Waals surface area contributed by atoms with Crippen molar-refractivity contribution in [1.82, 2.24) is 4.90 Å². The summed E-state index contributed by atoms with van der Waals surface area (Å²) in [7, 11) is 3.85. The molecule has 0 radical (unpaired) electrons. The molecular formula is C18H21NO5. The van der Waals surface area contributed by atoms with Gasteiger partial charge in [0.15, 0.2) is 17.8 Å². The van der Waals surface area contributed by atoms with Gasteiger partial charge in [-0.3, -0.25) is 4.90 Å². The highest BCUT2D eigenvalue weighted by Crippen LogP contribution is 2.54. The fourth-order valence-corrected chi connectivity index (χ4v) is 4.82. The first kappa shape index (κ1) is 14.7. The number of likely N-dealkylation sites (tertiary alicyclic amines) is 1. The van der Waals surface area contributed by atoms with E-state index < -0.39 is 6.29 Å². The minimum absolute atomic E-state index is 0.0931. The zero-order valence-corrected chi connectivity index (χ0v) is 13.8. The van der Waals surface area contributed by atoms with Crippen LogP contribution in [0.3, 0.4) is 0 Å². The van der Waals surface area contributed by atoms with E-state index >= 15 is 0 Å². The van der Waals surface area contributed by atoms with Gasteiger partial charge in [0.2, 0.25) is 6.79 Å². The smallest absolute Gasteiger partial charge is 0.231 e. The molecular weight excluding hydrogens is 310 g/mol. The van der Waals surface area contributed by atoms with Crippen LogP contribution in [-0.4, -0.2) is 55.8 Å². The van der Waals surface area contributed by atoms with Gasteiger partial charge in [-0.15, -0.1) is 0 Å². The maximum Gasteiger partial charge on any atom is 0.231 e. The first-order valence-electron chi connectivity index (χ1n) is 8.33. The van der Waals surface area contributed by atoms with Crippen molar-refractivity contribution in [3.8, 4) is 11.5 Å². The molecule has 5 rings (SSSR count). The molecule has 5 atom stereocenters. The molecule has 3 aliphatic heterocycles. The summed E-state index contributed by atoms with van der Waals surface area (Å²) in [4.78, 5) is 2.31. The highest BCUT2D eigenvalue weighted by Gasteiger charge is 2.59. The van der Waals surface area contributed by atoms with Crippen LogP contribution in [0.4, 0.5) is 0 Å². The second kappa shape index (κ2) is 4.95. The number of methoxy groups -OCH3 is 1. The van der Waals surface area contributed by atoms with E-state index in [0.29, 0.717) is 5.75 Å². The first-order valence-corrected chi connectivity index (χ1v) is 8.33. The molecule has 3 heterocycles. The molecule has 0 saturated carbocycles. The maximum absolute atomic E-state index is 10.5. The molecule has 0 unspecified atom stereocenters. The predicted octanol–water partition coefficient (Wildman–Crippen LogP) is 1.33. The van der Waals surface area contributed by atoms with Crippen LogP contribution in [0.2, 0.25) is 0 Å². The van der Waals surface area contributed by atoms with Gasteiger partial charge in [0.1, 0.15) is 0 Å². The lowest BCUT2D eigenvalue weighted by molar-refractivity contribution is -0.160. The van der Waals surface area contributed by atoms with Crippen LogP contribution in [0.25, 0.3) is 0 Å². The molecule has 1 aliphatic carbocycles. The van der Waals surface area contributed by atoms with E-state index in [9.17, 15) is 5.11 Å². The number of ether oxygens (including phenoxy) is 4. The molecule has 0 bridgehead atoms. The van der Waals surface area contributed by atoms with E-state index in [1.165, 1.54) is 0 Å². The molecule has 1 fully saturated rings. The number of hydrogen-bond donors (Lipinski definition) is 1. The Morgan fingerprint density at radius 1 is 1.29 bits per heavy atom. The van der Waals surface area contributed by atoms with Crippen LogP contribution < -0.4 is 9.47 Å². The molecule has 6 nitrogen and oxygen atoms in total. The second-order valence-corrected chi connectivity index (χ2v) is 7.03. The van der Waals surface area contributed by atoms with Crippen molar-refractivity contribution in [2.24, 2.45) is 0 Å². The van der Waals surface area contributed by atoms with Crippen LogP contribution in [-0.2, 0) is 14.9 Å². The van der Waals surface area contributed by atoms with Gasteiger partial charge >= 0.3 is 0 Å². The Bertz CT molecular complexity index is 720. The van der Waals surface area contributed by atoms with Crippen molar-refractivity contribution in [2.45, 2.75) is 36.4 Å². The molecule has 128 valence electrons. The zero-order valence-electron chi connectivity index (χ0n) is 13.8. The highest BCUT2D eigenvalue weighted by atomic mass is 16.7. The molecule has 1 aromatic rings. The Morgan fingerprint density at radius 3 is 2.88 bits per heavy atom. The third-order valence-corrected chi connectivity index (χ3v) is 5.99. The Labute approximate surface area is 140 Å². The summed E-state index contributed by atoms with van der Waals surface area (Å²) in [5.74, 6) is 1.41. The highest BCUT2D eigenvalue weighted by molar-refractivity contribution is 5.56. The minimum Gasteiger partial charge on any atom is -0.454 e. The lowest BCUT2D eigenvalue weighted by atomic mass is 9.65. The molecule has 0 amide bonds. The molecule has 1 aromatic carbocycles. The number of fused-ring (bicyclic) bond motifs is 2. The van der Waals surface area contributed by atoms with Crippen molar-refractivity contribution in [2.75, 3.05) is 27.5 Å². The monoisotopic (exact) mass is 331 g/mol. The fourth-order valence-electron chi connectivity index (χ4n) is 4.82. The normalized spacial score (nSPS) is 39.5. The standard InChI is InChI=1S/C18H21NO5/c1-19-8-16-18(4-3-10(21-2)5-15(18)19)12-7-14-13(22-9-23-14)6-11(12)17(20)24-16/h3-4,6-7,10,15-17,20H,5,8-9H2,1-2H3/t10-,15+,16+,17-,18-/m1/s1. The van der Waals surface area contributed by atoms with Crippen LogP contribution in [0.15, 0.2) is 24.3 Å². The van der Waals surface area contributed by atoms with Crippen molar-refractivity contribution in [1.29, 1.82) is 0 Å². The molecule has 1 saturated heterocycles. The van der Waals surface area contributed by atoms with Gasteiger partial charge in [-0.25, -0.2) is 0 Å². The van der Waals surface area contributed by atoms with E-state index in [1.807, 2.05) is 12.1 Å². The molecule has 1 spiro atoms. The van der Waals surface area contributed by atoms with Crippen LogP contribution in [0, 0.1) is 0 Å². The number of likely N-dealkylation sites (N-methyl/N-ethyl adjacent to an activating group) is 1. The Hall–Kier alpha value is -1.60. The summed E-state index contributed by atoms with van der Waals surface area (Å²) < 4.78 is 22.6. The topological polar surface area (TPSA) is 60.4 Å². The zero-order chi connectivity index (χ0) is 16.5. The van der Waals surface area contributed by atoms with Crippen molar-refractivity contribution < 1.29 is 24.1 Å². The molecule has 1 N–H and O–H groups in total. The van der Waals surface area contributed by atoms with Crippen molar-refractivity contribution in [3.63, 3.8) is 0 Å². The lowest BCUT2D eigenvalue weighted by Crippen LogP contribution is -2.52. The van der Waals surface area contributed by atoms with Crippen molar-refractivity contribution in [3.05, 3.63) is 35.4 Å². The number of aliphatic hydroxyl groups excluding tert-OH is 1. The SMILES string of the molecule is CO[C@@H]1C=C[C@]23c4cc5c(cc4[C@H](O)O[C@H]2CN(C)[C@H]3C1)OCO5. The number of hydrogen-bond acceptors (Lipinski definition) is 6. The molecule has 0 aromatic heterocycles. The Kier molecular flexibility index (Phi) is 3.04. The first-order chi connectivity index (χ1) is 11.6. The van der Waals surface area contributed by atoms with E-state index in [4.69, 9.17) is 18.9 Å². The second-order valence-electron chi connectivity index (χ2n) is 7.03. The number of benzene rings is 1. The van der Waals surface area contributed by atoms with Gasteiger partial charge in [0.05, 0.1) is 17.6 Å². The van der Waals surface area contributed by atoms with Gasteiger partial charge in [-0.05, 0) is 31.2 Å². The predicted molar refractivity (Wildman–Crippen MR) is 85.0 cm³/mol.